The third kappa shape index (κ3) is 3.53. The molecule has 1 atom stereocenters. The Labute approximate surface area is 139 Å². The number of pyridine rings is 1. The Morgan fingerprint density at radius 2 is 2.38 bits per heavy atom. The standard InChI is InChI=1S/C16H20N4O4/c1-23-10-14(21)20-6-4-16(11-20)7-13(19-24-16)15(22)18-9-12-3-2-5-17-8-12/h2-3,5,8H,4,6-7,9-11H2,1H3,(H,18,22)/t16-/m1/s1. The Morgan fingerprint density at radius 1 is 1.50 bits per heavy atom. The van der Waals surface area contributed by atoms with Crippen molar-refractivity contribution >= 4 is 17.5 Å². The van der Waals surface area contributed by atoms with Crippen LogP contribution in [0.2, 0.25) is 0 Å². The van der Waals surface area contributed by atoms with Gasteiger partial charge in [0.05, 0.1) is 6.54 Å². The lowest BCUT2D eigenvalue weighted by Gasteiger charge is -2.21. The molecular formula is C16H20N4O4. The fraction of sp³-hybridized carbons (Fsp3) is 0.500. The number of hydrogen-bond donors (Lipinski definition) is 1. The van der Waals surface area contributed by atoms with Gasteiger partial charge in [-0.3, -0.25) is 14.6 Å². The Balaban J connectivity index is 1.51. The number of amides is 2. The van der Waals surface area contributed by atoms with Gasteiger partial charge in [0.1, 0.15) is 12.3 Å². The molecule has 1 aromatic rings. The summed E-state index contributed by atoms with van der Waals surface area (Å²) >= 11 is 0. The summed E-state index contributed by atoms with van der Waals surface area (Å²) < 4.78 is 4.87. The van der Waals surface area contributed by atoms with Gasteiger partial charge >= 0.3 is 0 Å². The van der Waals surface area contributed by atoms with E-state index in [9.17, 15) is 9.59 Å². The first-order valence-corrected chi connectivity index (χ1v) is 7.81. The van der Waals surface area contributed by atoms with Gasteiger partial charge in [-0.1, -0.05) is 11.2 Å². The molecule has 128 valence electrons. The molecule has 3 heterocycles. The maximum Gasteiger partial charge on any atom is 0.269 e. The summed E-state index contributed by atoms with van der Waals surface area (Å²) in [6, 6.07) is 3.70. The molecule has 0 aromatic carbocycles. The molecule has 0 saturated carbocycles. The van der Waals surface area contributed by atoms with E-state index in [4.69, 9.17) is 9.57 Å². The van der Waals surface area contributed by atoms with E-state index in [0.717, 1.165) is 5.56 Å². The SMILES string of the molecule is COCC(=O)N1CC[C@@]2(CC(C(=O)NCc3cccnc3)=NO2)C1. The highest BCUT2D eigenvalue weighted by Crippen LogP contribution is 2.33. The van der Waals surface area contributed by atoms with E-state index in [2.05, 4.69) is 15.5 Å². The van der Waals surface area contributed by atoms with Gasteiger partial charge in [0, 0.05) is 45.4 Å². The second kappa shape index (κ2) is 6.96. The van der Waals surface area contributed by atoms with Crippen molar-refractivity contribution in [2.24, 2.45) is 5.16 Å². The number of nitrogens with zero attached hydrogens (tertiary/aromatic N) is 3. The van der Waals surface area contributed by atoms with Crippen LogP contribution in [0.15, 0.2) is 29.7 Å². The number of aromatic nitrogens is 1. The summed E-state index contributed by atoms with van der Waals surface area (Å²) in [6.45, 7) is 1.45. The van der Waals surface area contributed by atoms with Crippen molar-refractivity contribution in [1.29, 1.82) is 0 Å². The van der Waals surface area contributed by atoms with Gasteiger partial charge in [0.15, 0.2) is 5.60 Å². The molecule has 2 aliphatic heterocycles. The van der Waals surface area contributed by atoms with Crippen LogP contribution >= 0.6 is 0 Å². The van der Waals surface area contributed by atoms with Crippen LogP contribution in [0.3, 0.4) is 0 Å². The van der Waals surface area contributed by atoms with Crippen LogP contribution in [0, 0.1) is 0 Å². The molecule has 0 radical (unpaired) electrons. The second-order valence-electron chi connectivity index (χ2n) is 6.03. The number of methoxy groups -OCH3 is 1. The Bertz CT molecular complexity index is 649. The predicted molar refractivity (Wildman–Crippen MR) is 85.0 cm³/mol. The van der Waals surface area contributed by atoms with Crippen LogP contribution in [0.4, 0.5) is 0 Å². The summed E-state index contributed by atoms with van der Waals surface area (Å²) in [5, 5.41) is 6.75. The lowest BCUT2D eigenvalue weighted by Crippen LogP contribution is -2.39. The lowest BCUT2D eigenvalue weighted by atomic mass is 9.96. The molecule has 3 rings (SSSR count). The molecule has 8 nitrogen and oxygen atoms in total. The summed E-state index contributed by atoms with van der Waals surface area (Å²) in [7, 11) is 1.49. The summed E-state index contributed by atoms with van der Waals surface area (Å²) in [5.74, 6) is -0.329. The summed E-state index contributed by atoms with van der Waals surface area (Å²) in [6.07, 6.45) is 4.44. The van der Waals surface area contributed by atoms with Crippen LogP contribution in [0.5, 0.6) is 0 Å². The molecule has 2 aliphatic rings. The van der Waals surface area contributed by atoms with E-state index in [-0.39, 0.29) is 18.4 Å². The van der Waals surface area contributed by atoms with Gasteiger partial charge in [-0.05, 0) is 11.6 Å². The molecule has 1 spiro atoms. The van der Waals surface area contributed by atoms with Crippen LogP contribution in [0.1, 0.15) is 18.4 Å². The van der Waals surface area contributed by atoms with E-state index in [0.29, 0.717) is 38.2 Å². The number of carbonyl (C=O) groups is 2. The van der Waals surface area contributed by atoms with Gasteiger partial charge in [0.2, 0.25) is 5.91 Å². The first kappa shape index (κ1) is 16.4. The maximum atomic E-state index is 12.2. The van der Waals surface area contributed by atoms with Gasteiger partial charge in [-0.2, -0.15) is 0 Å². The van der Waals surface area contributed by atoms with Crippen molar-refractivity contribution in [3.05, 3.63) is 30.1 Å². The van der Waals surface area contributed by atoms with Crippen LogP contribution in [0.25, 0.3) is 0 Å². The van der Waals surface area contributed by atoms with E-state index in [1.54, 1.807) is 17.3 Å². The number of ether oxygens (including phenoxy) is 1. The van der Waals surface area contributed by atoms with Crippen molar-refractivity contribution in [1.82, 2.24) is 15.2 Å². The molecular weight excluding hydrogens is 312 g/mol. The zero-order valence-corrected chi connectivity index (χ0v) is 13.5. The van der Waals surface area contributed by atoms with Crippen LogP contribution in [-0.2, 0) is 25.7 Å². The quantitative estimate of drug-likeness (QED) is 0.825. The monoisotopic (exact) mass is 332 g/mol. The van der Waals surface area contributed by atoms with Gasteiger partial charge in [0.25, 0.3) is 5.91 Å². The molecule has 0 unspecified atom stereocenters. The first-order valence-electron chi connectivity index (χ1n) is 7.81. The number of rotatable bonds is 5. The van der Waals surface area contributed by atoms with Gasteiger partial charge < -0.3 is 19.8 Å². The number of nitrogens with one attached hydrogen (secondary N) is 1. The minimum atomic E-state index is -0.579. The molecule has 1 aromatic heterocycles. The average Bonchev–Trinajstić information content (AvgIpc) is 3.21. The van der Waals surface area contributed by atoms with E-state index in [1.165, 1.54) is 7.11 Å². The largest absolute Gasteiger partial charge is 0.386 e. The molecule has 2 amide bonds. The van der Waals surface area contributed by atoms with Gasteiger partial charge in [-0.15, -0.1) is 0 Å². The molecule has 8 heteroatoms. The zero-order valence-electron chi connectivity index (χ0n) is 13.5. The van der Waals surface area contributed by atoms with Crippen LogP contribution < -0.4 is 5.32 Å². The van der Waals surface area contributed by atoms with Crippen molar-refractivity contribution in [2.75, 3.05) is 26.8 Å². The number of hydrogen-bond acceptors (Lipinski definition) is 6. The minimum absolute atomic E-state index is 0.0510. The highest BCUT2D eigenvalue weighted by Gasteiger charge is 2.47. The molecule has 1 fully saturated rings. The van der Waals surface area contributed by atoms with Crippen molar-refractivity contribution in [3.8, 4) is 0 Å². The molecule has 24 heavy (non-hydrogen) atoms. The number of likely N-dealkylation sites (tertiary alicyclic amines) is 1. The summed E-state index contributed by atoms with van der Waals surface area (Å²) in [5.41, 5.74) is 0.696. The third-order valence-electron chi connectivity index (χ3n) is 4.21. The smallest absolute Gasteiger partial charge is 0.269 e. The molecule has 0 aliphatic carbocycles. The van der Waals surface area contributed by atoms with Crippen molar-refractivity contribution in [3.63, 3.8) is 0 Å². The van der Waals surface area contributed by atoms with Crippen molar-refractivity contribution < 1.29 is 19.2 Å². The fourth-order valence-electron chi connectivity index (χ4n) is 2.92. The third-order valence-corrected chi connectivity index (χ3v) is 4.21. The normalized spacial score (nSPS) is 22.4. The highest BCUT2D eigenvalue weighted by molar-refractivity contribution is 6.39. The molecule has 1 saturated heterocycles. The topological polar surface area (TPSA) is 93.1 Å². The number of carbonyl (C=O) groups excluding carboxylic acids is 2. The highest BCUT2D eigenvalue weighted by atomic mass is 16.7. The lowest BCUT2D eigenvalue weighted by molar-refractivity contribution is -0.135. The average molecular weight is 332 g/mol. The molecule has 0 bridgehead atoms. The second-order valence-corrected chi connectivity index (χ2v) is 6.03. The van der Waals surface area contributed by atoms with E-state index < -0.39 is 5.60 Å². The van der Waals surface area contributed by atoms with Gasteiger partial charge in [-0.25, -0.2) is 0 Å². The Hall–Kier alpha value is -2.48. The van der Waals surface area contributed by atoms with E-state index >= 15 is 0 Å². The Morgan fingerprint density at radius 3 is 3.12 bits per heavy atom. The summed E-state index contributed by atoms with van der Waals surface area (Å²) in [4.78, 5) is 35.3. The molecule has 1 N–H and O–H groups in total. The fourth-order valence-corrected chi connectivity index (χ4v) is 2.92. The first-order chi connectivity index (χ1) is 11.6. The van der Waals surface area contributed by atoms with E-state index in [1.807, 2.05) is 12.1 Å². The Kier molecular flexibility index (Phi) is 4.75. The zero-order chi connectivity index (χ0) is 17.0. The predicted octanol–water partition coefficient (Wildman–Crippen LogP) is 0.0916. The maximum absolute atomic E-state index is 12.2. The number of oxime groups is 1. The van der Waals surface area contributed by atoms with Crippen molar-refractivity contribution in [2.45, 2.75) is 25.0 Å². The van der Waals surface area contributed by atoms with Crippen LogP contribution in [-0.4, -0.2) is 59.8 Å². The minimum Gasteiger partial charge on any atom is -0.386 e.